The number of hydrogen-bond acceptors (Lipinski definition) is 2. The minimum absolute atomic E-state index is 0.0362. The van der Waals surface area contributed by atoms with Gasteiger partial charge >= 0.3 is 6.18 Å². The number of hydrogen-bond donors (Lipinski definition) is 1. The number of anilines is 1. The number of amides is 1. The molecule has 0 spiro atoms. The first kappa shape index (κ1) is 20.7. The van der Waals surface area contributed by atoms with Gasteiger partial charge in [0.25, 0.3) is 11.5 Å². The topological polar surface area (TPSA) is 51.1 Å². The number of nitrogens with one attached hydrogen (secondary N) is 1. The fraction of sp³-hybridized carbons (Fsp3) is 0.143. The standard InChI is InChI=1S/C21H16ClF3N2O2/c1-13-2-8-17(10-18(13)22)26-20(29)15-5-9-19(28)27(12-15)11-14-3-6-16(7-4-14)21(23,24)25/h2-10,12H,11H2,1H3,(H,26,29). The Labute approximate surface area is 169 Å². The molecule has 0 aliphatic carbocycles. The fourth-order valence-electron chi connectivity index (χ4n) is 2.66. The normalized spacial score (nSPS) is 11.3. The van der Waals surface area contributed by atoms with Crippen molar-refractivity contribution in [2.45, 2.75) is 19.6 Å². The molecule has 4 nitrogen and oxygen atoms in total. The summed E-state index contributed by atoms with van der Waals surface area (Å²) in [5.41, 5.74) is 0.968. The van der Waals surface area contributed by atoms with Crippen LogP contribution in [0.3, 0.4) is 0 Å². The van der Waals surface area contributed by atoms with Crippen LogP contribution in [0.2, 0.25) is 5.02 Å². The Balaban J connectivity index is 1.79. The number of halogens is 4. The largest absolute Gasteiger partial charge is 0.416 e. The lowest BCUT2D eigenvalue weighted by Gasteiger charge is -2.11. The zero-order chi connectivity index (χ0) is 21.2. The number of aromatic nitrogens is 1. The monoisotopic (exact) mass is 420 g/mol. The van der Waals surface area contributed by atoms with Crippen LogP contribution in [0.4, 0.5) is 18.9 Å². The Kier molecular flexibility index (Phi) is 5.79. The molecule has 3 rings (SSSR count). The van der Waals surface area contributed by atoms with Gasteiger partial charge in [0.05, 0.1) is 17.7 Å². The van der Waals surface area contributed by atoms with Gasteiger partial charge in [-0.05, 0) is 48.4 Å². The van der Waals surface area contributed by atoms with E-state index in [0.29, 0.717) is 16.3 Å². The Bertz CT molecular complexity index is 1110. The van der Waals surface area contributed by atoms with Gasteiger partial charge in [-0.15, -0.1) is 0 Å². The minimum Gasteiger partial charge on any atom is -0.322 e. The summed E-state index contributed by atoms with van der Waals surface area (Å²) in [6, 6.07) is 12.2. The van der Waals surface area contributed by atoms with Gasteiger partial charge in [0, 0.05) is 23.0 Å². The summed E-state index contributed by atoms with van der Waals surface area (Å²) in [6.07, 6.45) is -3.06. The molecule has 29 heavy (non-hydrogen) atoms. The molecule has 1 N–H and O–H groups in total. The maximum atomic E-state index is 12.7. The summed E-state index contributed by atoms with van der Waals surface area (Å²) in [5, 5.41) is 3.21. The van der Waals surface area contributed by atoms with Crippen LogP contribution < -0.4 is 10.9 Å². The quantitative estimate of drug-likeness (QED) is 0.636. The van der Waals surface area contributed by atoms with Gasteiger partial charge in [0.2, 0.25) is 0 Å². The molecule has 1 amide bonds. The zero-order valence-electron chi connectivity index (χ0n) is 15.3. The van der Waals surface area contributed by atoms with Gasteiger partial charge in [0.15, 0.2) is 0 Å². The van der Waals surface area contributed by atoms with Crippen molar-refractivity contribution in [3.63, 3.8) is 0 Å². The van der Waals surface area contributed by atoms with Gasteiger partial charge < -0.3 is 9.88 Å². The highest BCUT2D eigenvalue weighted by Crippen LogP contribution is 2.29. The second-order valence-electron chi connectivity index (χ2n) is 6.50. The number of rotatable bonds is 4. The predicted molar refractivity (Wildman–Crippen MR) is 105 cm³/mol. The van der Waals surface area contributed by atoms with Crippen LogP contribution in [-0.2, 0) is 12.7 Å². The highest BCUT2D eigenvalue weighted by Gasteiger charge is 2.29. The van der Waals surface area contributed by atoms with Crippen molar-refractivity contribution in [1.82, 2.24) is 4.57 Å². The molecule has 0 bridgehead atoms. The smallest absolute Gasteiger partial charge is 0.322 e. The maximum Gasteiger partial charge on any atom is 0.416 e. The molecule has 0 aliphatic heterocycles. The average molecular weight is 421 g/mol. The highest BCUT2D eigenvalue weighted by molar-refractivity contribution is 6.31. The lowest BCUT2D eigenvalue weighted by atomic mass is 10.1. The lowest BCUT2D eigenvalue weighted by Crippen LogP contribution is -2.22. The second-order valence-corrected chi connectivity index (χ2v) is 6.90. The first-order chi connectivity index (χ1) is 13.6. The van der Waals surface area contributed by atoms with Crippen molar-refractivity contribution < 1.29 is 18.0 Å². The van der Waals surface area contributed by atoms with Gasteiger partial charge in [-0.1, -0.05) is 29.8 Å². The van der Waals surface area contributed by atoms with Crippen LogP contribution in [-0.4, -0.2) is 10.5 Å². The SMILES string of the molecule is Cc1ccc(NC(=O)c2ccc(=O)n(Cc3ccc(C(F)(F)F)cc3)c2)cc1Cl. The molecule has 2 aromatic carbocycles. The predicted octanol–water partition coefficient (Wildman–Crippen LogP) is 5.13. The van der Waals surface area contributed by atoms with Crippen LogP contribution in [0, 0.1) is 6.92 Å². The number of aryl methyl sites for hydroxylation is 1. The lowest BCUT2D eigenvalue weighted by molar-refractivity contribution is -0.137. The summed E-state index contributed by atoms with van der Waals surface area (Å²) in [4.78, 5) is 24.6. The van der Waals surface area contributed by atoms with E-state index in [0.717, 1.165) is 17.7 Å². The molecular weight excluding hydrogens is 405 g/mol. The number of benzene rings is 2. The van der Waals surface area contributed by atoms with Crippen LogP contribution >= 0.6 is 11.6 Å². The molecule has 1 aromatic heterocycles. The van der Waals surface area contributed by atoms with Crippen molar-refractivity contribution in [2.24, 2.45) is 0 Å². The molecule has 150 valence electrons. The third kappa shape index (κ3) is 5.06. The number of nitrogens with zero attached hydrogens (tertiary/aromatic N) is 1. The van der Waals surface area contributed by atoms with Gasteiger partial charge in [0.1, 0.15) is 0 Å². The van der Waals surface area contributed by atoms with Crippen molar-refractivity contribution in [3.05, 3.63) is 98.4 Å². The Morgan fingerprint density at radius 3 is 2.38 bits per heavy atom. The van der Waals surface area contributed by atoms with E-state index in [-0.39, 0.29) is 17.7 Å². The van der Waals surface area contributed by atoms with E-state index in [4.69, 9.17) is 11.6 Å². The molecule has 0 saturated carbocycles. The van der Waals surface area contributed by atoms with Gasteiger partial charge in [-0.25, -0.2) is 0 Å². The van der Waals surface area contributed by atoms with Crippen molar-refractivity contribution in [2.75, 3.05) is 5.32 Å². The van der Waals surface area contributed by atoms with Crippen molar-refractivity contribution in [3.8, 4) is 0 Å². The van der Waals surface area contributed by atoms with E-state index < -0.39 is 17.6 Å². The van der Waals surface area contributed by atoms with Crippen LogP contribution in [0.1, 0.15) is 27.0 Å². The number of pyridine rings is 1. The van der Waals surface area contributed by atoms with Crippen LogP contribution in [0.25, 0.3) is 0 Å². The summed E-state index contributed by atoms with van der Waals surface area (Å²) in [7, 11) is 0. The molecule has 8 heteroatoms. The minimum atomic E-state index is -4.42. The maximum absolute atomic E-state index is 12.7. The summed E-state index contributed by atoms with van der Waals surface area (Å²) < 4.78 is 39.3. The molecule has 1 heterocycles. The van der Waals surface area contributed by atoms with Gasteiger partial charge in [-0.2, -0.15) is 13.2 Å². The molecule has 0 atom stereocenters. The molecular formula is C21H16ClF3N2O2. The third-order valence-corrected chi connectivity index (χ3v) is 4.72. The highest BCUT2D eigenvalue weighted by atomic mass is 35.5. The molecule has 3 aromatic rings. The van der Waals surface area contributed by atoms with E-state index in [1.165, 1.54) is 35.0 Å². The third-order valence-electron chi connectivity index (χ3n) is 4.31. The number of alkyl halides is 3. The van der Waals surface area contributed by atoms with Gasteiger partial charge in [-0.3, -0.25) is 9.59 Å². The average Bonchev–Trinajstić information content (AvgIpc) is 2.66. The second kappa shape index (κ2) is 8.13. The fourth-order valence-corrected chi connectivity index (χ4v) is 2.84. The van der Waals surface area contributed by atoms with E-state index in [9.17, 15) is 22.8 Å². The van der Waals surface area contributed by atoms with Crippen LogP contribution in [0.5, 0.6) is 0 Å². The Morgan fingerprint density at radius 1 is 1.07 bits per heavy atom. The Morgan fingerprint density at radius 2 is 1.76 bits per heavy atom. The zero-order valence-corrected chi connectivity index (χ0v) is 16.0. The van der Waals surface area contributed by atoms with Crippen LogP contribution in [0.15, 0.2) is 65.6 Å². The first-order valence-corrected chi connectivity index (χ1v) is 8.95. The molecule has 0 unspecified atom stereocenters. The molecule has 0 aliphatic rings. The number of carbonyl (C=O) groups excluding carboxylic acids is 1. The molecule has 0 fully saturated rings. The molecule has 0 radical (unpaired) electrons. The van der Waals surface area contributed by atoms with E-state index in [2.05, 4.69) is 5.32 Å². The molecule has 0 saturated heterocycles. The number of carbonyl (C=O) groups is 1. The van der Waals surface area contributed by atoms with E-state index in [1.54, 1.807) is 18.2 Å². The summed E-state index contributed by atoms with van der Waals surface area (Å²) >= 11 is 6.05. The van der Waals surface area contributed by atoms with E-state index >= 15 is 0 Å². The first-order valence-electron chi connectivity index (χ1n) is 8.57. The van der Waals surface area contributed by atoms with Crippen molar-refractivity contribution in [1.29, 1.82) is 0 Å². The van der Waals surface area contributed by atoms with E-state index in [1.807, 2.05) is 6.92 Å². The summed E-state index contributed by atoms with van der Waals surface area (Å²) in [5.74, 6) is -0.439. The van der Waals surface area contributed by atoms with Crippen molar-refractivity contribution >= 4 is 23.2 Å². The summed E-state index contributed by atoms with van der Waals surface area (Å²) in [6.45, 7) is 1.87. The Hall–Kier alpha value is -3.06.